The molecule has 2 rings (SSSR count). The molecule has 0 aliphatic carbocycles. The van der Waals surface area contributed by atoms with Crippen molar-refractivity contribution in [1.82, 2.24) is 0 Å². The van der Waals surface area contributed by atoms with Crippen LogP contribution < -0.4 is 4.74 Å². The van der Waals surface area contributed by atoms with Gasteiger partial charge >= 0.3 is 0 Å². The van der Waals surface area contributed by atoms with Crippen molar-refractivity contribution in [2.45, 2.75) is 26.4 Å². The number of phenolic OH excluding ortho intramolecular Hbond substituents is 1. The van der Waals surface area contributed by atoms with E-state index in [9.17, 15) is 5.11 Å². The van der Waals surface area contributed by atoms with Gasteiger partial charge in [0.2, 0.25) is 0 Å². The fourth-order valence-electron chi connectivity index (χ4n) is 1.60. The second-order valence-electron chi connectivity index (χ2n) is 4.50. The van der Waals surface area contributed by atoms with Gasteiger partial charge in [-0.3, -0.25) is 0 Å². The maximum Gasteiger partial charge on any atom is 0.128 e. The first-order valence-electron chi connectivity index (χ1n) is 5.22. The second-order valence-corrected chi connectivity index (χ2v) is 4.50. The van der Waals surface area contributed by atoms with Crippen LogP contribution in [0.15, 0.2) is 24.3 Å². The molecular formula is C13H16O2. The van der Waals surface area contributed by atoms with E-state index in [1.54, 1.807) is 12.1 Å². The van der Waals surface area contributed by atoms with Crippen LogP contribution in [0.4, 0.5) is 0 Å². The normalized spacial score (nSPS) is 23.7. The number of hydrogen-bond donors (Lipinski definition) is 1. The Kier molecular flexibility index (Phi) is 2.22. The van der Waals surface area contributed by atoms with Gasteiger partial charge in [-0.25, -0.2) is 0 Å². The van der Waals surface area contributed by atoms with Crippen molar-refractivity contribution in [2.24, 2.45) is 5.92 Å². The van der Waals surface area contributed by atoms with Gasteiger partial charge in [-0.2, -0.15) is 0 Å². The molecule has 0 amide bonds. The van der Waals surface area contributed by atoms with Gasteiger partial charge in [0.1, 0.15) is 17.1 Å². The van der Waals surface area contributed by atoms with E-state index in [0.29, 0.717) is 5.92 Å². The maximum absolute atomic E-state index is 9.34. The third-order valence-corrected chi connectivity index (χ3v) is 3.06. The van der Waals surface area contributed by atoms with E-state index in [1.165, 1.54) is 0 Å². The quantitative estimate of drug-likeness (QED) is 0.761. The van der Waals surface area contributed by atoms with Crippen molar-refractivity contribution in [2.75, 3.05) is 0 Å². The number of phenols is 1. The molecule has 0 fully saturated rings. The summed E-state index contributed by atoms with van der Waals surface area (Å²) in [5.41, 5.74) is 0.692. The van der Waals surface area contributed by atoms with Crippen molar-refractivity contribution in [3.63, 3.8) is 0 Å². The molecule has 0 radical (unpaired) electrons. The molecule has 15 heavy (non-hydrogen) atoms. The Morgan fingerprint density at radius 3 is 2.73 bits per heavy atom. The zero-order valence-electron chi connectivity index (χ0n) is 9.32. The topological polar surface area (TPSA) is 29.5 Å². The Balaban J connectivity index is 2.40. The predicted molar refractivity (Wildman–Crippen MR) is 61.0 cm³/mol. The largest absolute Gasteiger partial charge is 0.508 e. The minimum atomic E-state index is -0.246. The van der Waals surface area contributed by atoms with Crippen LogP contribution in [-0.4, -0.2) is 10.7 Å². The minimum absolute atomic E-state index is 0.246. The van der Waals surface area contributed by atoms with Crippen molar-refractivity contribution >= 4 is 6.08 Å². The molecule has 2 heteroatoms. The van der Waals surface area contributed by atoms with Crippen LogP contribution in [0, 0.1) is 5.92 Å². The number of rotatable bonds is 1. The smallest absolute Gasteiger partial charge is 0.128 e. The lowest BCUT2D eigenvalue weighted by Crippen LogP contribution is -2.37. The molecule has 1 heterocycles. The molecule has 0 spiro atoms. The fourth-order valence-corrected chi connectivity index (χ4v) is 1.60. The summed E-state index contributed by atoms with van der Waals surface area (Å²) in [6.07, 6.45) is 4.07. The summed E-state index contributed by atoms with van der Waals surface area (Å²) in [5.74, 6) is 1.53. The number of benzene rings is 1. The van der Waals surface area contributed by atoms with E-state index in [2.05, 4.69) is 26.8 Å². The zero-order valence-corrected chi connectivity index (χ0v) is 9.32. The minimum Gasteiger partial charge on any atom is -0.508 e. The molecule has 0 saturated heterocycles. The molecule has 1 atom stereocenters. The van der Waals surface area contributed by atoms with E-state index >= 15 is 0 Å². The molecule has 1 aromatic carbocycles. The monoisotopic (exact) mass is 204 g/mol. The average molecular weight is 204 g/mol. The number of ether oxygens (including phenoxy) is 1. The van der Waals surface area contributed by atoms with Crippen molar-refractivity contribution in [3.8, 4) is 11.5 Å². The van der Waals surface area contributed by atoms with Crippen LogP contribution in [0.25, 0.3) is 6.08 Å². The number of hydrogen-bond acceptors (Lipinski definition) is 2. The molecule has 1 aliphatic heterocycles. The molecule has 1 aromatic rings. The lowest BCUT2D eigenvalue weighted by atomic mass is 9.89. The molecule has 1 N–H and O–H groups in total. The molecule has 0 saturated carbocycles. The molecule has 0 bridgehead atoms. The van der Waals surface area contributed by atoms with Gasteiger partial charge in [0, 0.05) is 5.56 Å². The summed E-state index contributed by atoms with van der Waals surface area (Å²) in [7, 11) is 0. The van der Waals surface area contributed by atoms with Gasteiger partial charge in [-0.1, -0.05) is 19.9 Å². The highest BCUT2D eigenvalue weighted by Crippen LogP contribution is 2.36. The van der Waals surface area contributed by atoms with E-state index in [0.717, 1.165) is 11.3 Å². The summed E-state index contributed by atoms with van der Waals surface area (Å²) in [6.45, 7) is 6.34. The summed E-state index contributed by atoms with van der Waals surface area (Å²) < 4.78 is 5.94. The van der Waals surface area contributed by atoms with Gasteiger partial charge in [0.05, 0.1) is 0 Å². The third-order valence-electron chi connectivity index (χ3n) is 3.06. The van der Waals surface area contributed by atoms with Crippen molar-refractivity contribution in [3.05, 3.63) is 29.8 Å². The van der Waals surface area contributed by atoms with E-state index < -0.39 is 0 Å². The SMILES string of the molecule is CC(C)C1(C)C=Cc2cc(O)ccc2O1. The maximum atomic E-state index is 9.34. The van der Waals surface area contributed by atoms with E-state index in [-0.39, 0.29) is 11.4 Å². The standard InChI is InChI=1S/C13H16O2/c1-9(2)13(3)7-6-10-8-11(14)4-5-12(10)15-13/h4-9,14H,1-3H3. The Labute approximate surface area is 90.2 Å². The summed E-state index contributed by atoms with van der Waals surface area (Å²) in [5, 5.41) is 9.34. The van der Waals surface area contributed by atoms with Gasteiger partial charge in [0.25, 0.3) is 0 Å². The average Bonchev–Trinajstić information content (AvgIpc) is 2.18. The van der Waals surface area contributed by atoms with Crippen LogP contribution in [0.2, 0.25) is 0 Å². The summed E-state index contributed by atoms with van der Waals surface area (Å²) in [6, 6.07) is 5.18. The Bertz CT molecular complexity index is 407. The Hall–Kier alpha value is -1.44. The first-order chi connectivity index (χ1) is 7.01. The molecule has 1 aliphatic rings. The van der Waals surface area contributed by atoms with Gasteiger partial charge < -0.3 is 9.84 Å². The lowest BCUT2D eigenvalue weighted by Gasteiger charge is -2.35. The summed E-state index contributed by atoms with van der Waals surface area (Å²) >= 11 is 0. The fraction of sp³-hybridized carbons (Fsp3) is 0.385. The highest BCUT2D eigenvalue weighted by molar-refractivity contribution is 5.62. The predicted octanol–water partition coefficient (Wildman–Crippen LogP) is 3.21. The van der Waals surface area contributed by atoms with Crippen LogP contribution in [0.5, 0.6) is 11.5 Å². The number of fused-ring (bicyclic) bond motifs is 1. The van der Waals surface area contributed by atoms with E-state index in [1.807, 2.05) is 12.1 Å². The highest BCUT2D eigenvalue weighted by Gasteiger charge is 2.30. The van der Waals surface area contributed by atoms with Crippen molar-refractivity contribution in [1.29, 1.82) is 0 Å². The molecular weight excluding hydrogens is 188 g/mol. The highest BCUT2D eigenvalue weighted by atomic mass is 16.5. The van der Waals surface area contributed by atoms with Gasteiger partial charge in [-0.05, 0) is 37.1 Å². The first-order valence-corrected chi connectivity index (χ1v) is 5.22. The molecule has 0 aromatic heterocycles. The van der Waals surface area contributed by atoms with E-state index in [4.69, 9.17) is 4.74 Å². The zero-order chi connectivity index (χ0) is 11.1. The first kappa shape index (κ1) is 10.1. The van der Waals surface area contributed by atoms with Crippen LogP contribution in [0.3, 0.4) is 0 Å². The summed E-state index contributed by atoms with van der Waals surface area (Å²) in [4.78, 5) is 0. The Morgan fingerprint density at radius 2 is 2.07 bits per heavy atom. The van der Waals surface area contributed by atoms with Gasteiger partial charge in [0.15, 0.2) is 0 Å². The van der Waals surface area contributed by atoms with Crippen LogP contribution >= 0.6 is 0 Å². The molecule has 2 nitrogen and oxygen atoms in total. The Morgan fingerprint density at radius 1 is 1.33 bits per heavy atom. The molecule has 80 valence electrons. The van der Waals surface area contributed by atoms with Crippen LogP contribution in [-0.2, 0) is 0 Å². The number of aromatic hydroxyl groups is 1. The second kappa shape index (κ2) is 3.30. The van der Waals surface area contributed by atoms with Gasteiger partial charge in [-0.15, -0.1) is 0 Å². The lowest BCUT2D eigenvalue weighted by molar-refractivity contribution is 0.0874. The van der Waals surface area contributed by atoms with Crippen molar-refractivity contribution < 1.29 is 9.84 Å². The third kappa shape index (κ3) is 1.72. The molecule has 1 unspecified atom stereocenters. The van der Waals surface area contributed by atoms with Crippen LogP contribution in [0.1, 0.15) is 26.3 Å².